The van der Waals surface area contributed by atoms with Crippen LogP contribution in [-0.4, -0.2) is 12.6 Å². The summed E-state index contributed by atoms with van der Waals surface area (Å²) in [4.78, 5) is 0. The maximum Gasteiger partial charge on any atom is 0.119 e. The minimum Gasteiger partial charge on any atom is -0.490 e. The molecule has 0 aromatic heterocycles. The van der Waals surface area contributed by atoms with Gasteiger partial charge in [0.05, 0.1) is 6.10 Å². The number of nitrogens with one attached hydrogen (secondary N) is 1. The van der Waals surface area contributed by atoms with Gasteiger partial charge in [-0.15, -0.1) is 0 Å². The summed E-state index contributed by atoms with van der Waals surface area (Å²) < 4.78 is 5.77. The van der Waals surface area contributed by atoms with Crippen LogP contribution in [0.1, 0.15) is 25.3 Å². The normalized spacial score (nSPS) is 14.2. The number of benzene rings is 2. The molecule has 0 saturated heterocycles. The van der Waals surface area contributed by atoms with Gasteiger partial charge in [-0.25, -0.2) is 0 Å². The fraction of sp³-hybridized carbons (Fsp3) is 0.333. The molecule has 3 heteroatoms. The van der Waals surface area contributed by atoms with Crippen molar-refractivity contribution in [2.24, 2.45) is 0 Å². The molecule has 3 rings (SSSR count). The second kappa shape index (κ2) is 6.50. The van der Waals surface area contributed by atoms with E-state index in [1.807, 2.05) is 18.2 Å². The molecule has 2 aromatic carbocycles. The fourth-order valence-electron chi connectivity index (χ4n) is 2.26. The van der Waals surface area contributed by atoms with Gasteiger partial charge < -0.3 is 10.1 Å². The molecule has 1 aliphatic rings. The van der Waals surface area contributed by atoms with E-state index >= 15 is 0 Å². The SMILES string of the molecule is CCNCc1ccc(-c2ccc(OC3CC3)cc2)c(Cl)c1. The van der Waals surface area contributed by atoms with E-state index in [2.05, 4.69) is 36.5 Å². The zero-order chi connectivity index (χ0) is 14.7. The molecular formula is C18H20ClNO. The Balaban J connectivity index is 1.75. The number of ether oxygens (including phenoxy) is 1. The molecule has 0 radical (unpaired) electrons. The largest absolute Gasteiger partial charge is 0.490 e. The molecule has 21 heavy (non-hydrogen) atoms. The van der Waals surface area contributed by atoms with Crippen LogP contribution < -0.4 is 10.1 Å². The van der Waals surface area contributed by atoms with E-state index < -0.39 is 0 Å². The van der Waals surface area contributed by atoms with Gasteiger partial charge in [0.15, 0.2) is 0 Å². The Morgan fingerprint density at radius 3 is 2.52 bits per heavy atom. The molecule has 0 bridgehead atoms. The number of halogens is 1. The highest BCUT2D eigenvalue weighted by atomic mass is 35.5. The molecule has 0 atom stereocenters. The third kappa shape index (κ3) is 3.78. The first-order chi connectivity index (χ1) is 10.3. The Morgan fingerprint density at radius 1 is 1.14 bits per heavy atom. The molecule has 1 aliphatic carbocycles. The van der Waals surface area contributed by atoms with Gasteiger partial charge in [-0.1, -0.05) is 42.8 Å². The van der Waals surface area contributed by atoms with Crippen molar-refractivity contribution in [3.63, 3.8) is 0 Å². The second-order valence-electron chi connectivity index (χ2n) is 5.44. The van der Waals surface area contributed by atoms with E-state index in [1.165, 1.54) is 18.4 Å². The van der Waals surface area contributed by atoms with Gasteiger partial charge in [-0.05, 0) is 48.7 Å². The van der Waals surface area contributed by atoms with Gasteiger partial charge in [0.2, 0.25) is 0 Å². The van der Waals surface area contributed by atoms with Crippen LogP contribution in [0.25, 0.3) is 11.1 Å². The van der Waals surface area contributed by atoms with E-state index in [9.17, 15) is 0 Å². The average Bonchev–Trinajstić information content (AvgIpc) is 3.30. The highest BCUT2D eigenvalue weighted by molar-refractivity contribution is 6.33. The Labute approximate surface area is 131 Å². The predicted molar refractivity (Wildman–Crippen MR) is 87.9 cm³/mol. The first-order valence-corrected chi connectivity index (χ1v) is 7.90. The van der Waals surface area contributed by atoms with Crippen molar-refractivity contribution in [2.75, 3.05) is 6.54 Å². The lowest BCUT2D eigenvalue weighted by Crippen LogP contribution is -2.11. The van der Waals surface area contributed by atoms with Crippen molar-refractivity contribution in [2.45, 2.75) is 32.4 Å². The van der Waals surface area contributed by atoms with Crippen molar-refractivity contribution in [1.29, 1.82) is 0 Å². The van der Waals surface area contributed by atoms with Gasteiger partial charge in [-0.3, -0.25) is 0 Å². The molecule has 0 amide bonds. The van der Waals surface area contributed by atoms with Crippen LogP contribution in [0.2, 0.25) is 5.02 Å². The molecule has 1 fully saturated rings. The fourth-order valence-corrected chi connectivity index (χ4v) is 2.58. The predicted octanol–water partition coefficient (Wildman–Crippen LogP) is 4.66. The third-order valence-corrected chi connectivity index (χ3v) is 3.92. The molecule has 110 valence electrons. The van der Waals surface area contributed by atoms with E-state index in [4.69, 9.17) is 16.3 Å². The summed E-state index contributed by atoms with van der Waals surface area (Å²) in [7, 11) is 0. The zero-order valence-corrected chi connectivity index (χ0v) is 13.0. The van der Waals surface area contributed by atoms with Crippen LogP contribution >= 0.6 is 11.6 Å². The molecule has 0 heterocycles. The first-order valence-electron chi connectivity index (χ1n) is 7.52. The van der Waals surface area contributed by atoms with Crippen LogP contribution in [0.4, 0.5) is 0 Å². The molecule has 1 N–H and O–H groups in total. The number of rotatable bonds is 6. The molecule has 0 unspecified atom stereocenters. The standard InChI is InChI=1S/C18H20ClNO/c1-2-20-12-13-3-10-17(18(19)11-13)14-4-6-15(7-5-14)21-16-8-9-16/h3-7,10-11,16,20H,2,8-9,12H2,1H3. The second-order valence-corrected chi connectivity index (χ2v) is 5.84. The maximum absolute atomic E-state index is 6.42. The van der Waals surface area contributed by atoms with Crippen molar-refractivity contribution >= 4 is 11.6 Å². The van der Waals surface area contributed by atoms with Gasteiger partial charge in [-0.2, -0.15) is 0 Å². The molecule has 2 nitrogen and oxygen atoms in total. The first kappa shape index (κ1) is 14.4. The lowest BCUT2D eigenvalue weighted by Gasteiger charge is -2.09. The van der Waals surface area contributed by atoms with E-state index in [1.54, 1.807) is 0 Å². The monoisotopic (exact) mass is 301 g/mol. The lowest BCUT2D eigenvalue weighted by molar-refractivity contribution is 0.303. The molecule has 2 aromatic rings. The minimum atomic E-state index is 0.435. The lowest BCUT2D eigenvalue weighted by atomic mass is 10.0. The highest BCUT2D eigenvalue weighted by Gasteiger charge is 2.23. The topological polar surface area (TPSA) is 21.3 Å². The zero-order valence-electron chi connectivity index (χ0n) is 12.2. The number of hydrogen-bond acceptors (Lipinski definition) is 2. The minimum absolute atomic E-state index is 0.435. The van der Waals surface area contributed by atoms with Gasteiger partial charge in [0.25, 0.3) is 0 Å². The van der Waals surface area contributed by atoms with E-state index in [0.29, 0.717) is 6.10 Å². The highest BCUT2D eigenvalue weighted by Crippen LogP contribution is 2.32. The summed E-state index contributed by atoms with van der Waals surface area (Å²) in [5, 5.41) is 4.10. The van der Waals surface area contributed by atoms with Crippen LogP contribution in [0.3, 0.4) is 0 Å². The van der Waals surface area contributed by atoms with Crippen LogP contribution in [-0.2, 0) is 6.54 Å². The van der Waals surface area contributed by atoms with Crippen molar-refractivity contribution in [3.8, 4) is 16.9 Å². The molecule has 0 spiro atoms. The molecule has 1 saturated carbocycles. The Hall–Kier alpha value is -1.51. The summed E-state index contributed by atoms with van der Waals surface area (Å²) in [5.74, 6) is 0.945. The van der Waals surface area contributed by atoms with Gasteiger partial charge >= 0.3 is 0 Å². The maximum atomic E-state index is 6.42. The Bertz CT molecular complexity index is 605. The Kier molecular flexibility index (Phi) is 4.47. The van der Waals surface area contributed by atoms with Crippen LogP contribution in [0.5, 0.6) is 5.75 Å². The van der Waals surface area contributed by atoms with Crippen molar-refractivity contribution in [3.05, 3.63) is 53.1 Å². The van der Waals surface area contributed by atoms with E-state index in [0.717, 1.165) is 35.0 Å². The quantitative estimate of drug-likeness (QED) is 0.838. The molecular weight excluding hydrogens is 282 g/mol. The summed E-state index contributed by atoms with van der Waals surface area (Å²) in [6.45, 7) is 3.91. The summed E-state index contributed by atoms with van der Waals surface area (Å²) in [6, 6.07) is 14.4. The summed E-state index contributed by atoms with van der Waals surface area (Å²) in [5.41, 5.74) is 3.40. The smallest absolute Gasteiger partial charge is 0.119 e. The van der Waals surface area contributed by atoms with Crippen LogP contribution in [0, 0.1) is 0 Å². The third-order valence-electron chi connectivity index (χ3n) is 3.61. The number of hydrogen-bond donors (Lipinski definition) is 1. The summed E-state index contributed by atoms with van der Waals surface area (Å²) in [6.07, 6.45) is 2.80. The molecule has 0 aliphatic heterocycles. The van der Waals surface area contributed by atoms with Gasteiger partial charge in [0.1, 0.15) is 5.75 Å². The average molecular weight is 302 g/mol. The van der Waals surface area contributed by atoms with Gasteiger partial charge in [0, 0.05) is 17.1 Å². The Morgan fingerprint density at radius 2 is 1.90 bits per heavy atom. The van der Waals surface area contributed by atoms with Crippen molar-refractivity contribution in [1.82, 2.24) is 5.32 Å². The van der Waals surface area contributed by atoms with Crippen LogP contribution in [0.15, 0.2) is 42.5 Å². The summed E-state index contributed by atoms with van der Waals surface area (Å²) >= 11 is 6.42. The van der Waals surface area contributed by atoms with E-state index in [-0.39, 0.29) is 0 Å². The van der Waals surface area contributed by atoms with Crippen molar-refractivity contribution < 1.29 is 4.74 Å².